The second-order valence-corrected chi connectivity index (χ2v) is 7.02. The van der Waals surface area contributed by atoms with Gasteiger partial charge in [0.1, 0.15) is 0 Å². The van der Waals surface area contributed by atoms with E-state index in [-0.39, 0.29) is 11.8 Å². The summed E-state index contributed by atoms with van der Waals surface area (Å²) in [5, 5.41) is 1.04. The van der Waals surface area contributed by atoms with Crippen molar-refractivity contribution in [3.05, 3.63) is 63.6 Å². The number of nitrogens with zero attached hydrogens (tertiary/aromatic N) is 1. The van der Waals surface area contributed by atoms with Crippen LogP contribution < -0.4 is 4.90 Å². The number of para-hydroxylation sites is 1. The maximum absolute atomic E-state index is 12.3. The van der Waals surface area contributed by atoms with Gasteiger partial charge in [-0.1, -0.05) is 55.2 Å². The Kier molecular flexibility index (Phi) is 4.66. The van der Waals surface area contributed by atoms with E-state index in [1.807, 2.05) is 24.3 Å². The number of amides is 1. The van der Waals surface area contributed by atoms with Crippen LogP contribution in [0.25, 0.3) is 0 Å². The Morgan fingerprint density at radius 3 is 2.42 bits per heavy atom. The fraction of sp³-hybridized carbons (Fsp3) is 0.263. The fourth-order valence-electron chi connectivity index (χ4n) is 3.00. The van der Waals surface area contributed by atoms with Gasteiger partial charge in [0.15, 0.2) is 0 Å². The lowest BCUT2D eigenvalue weighted by Gasteiger charge is -2.26. The SMILES string of the molecule is CC(CN1C(=O)C(=O)c2ccccc21)C(C)c1ccc(Cl)c(Cl)c1. The zero-order valence-corrected chi connectivity index (χ0v) is 14.9. The molecule has 0 fully saturated rings. The molecule has 1 aliphatic heterocycles. The molecule has 0 spiro atoms. The van der Waals surface area contributed by atoms with Crippen LogP contribution in [0.15, 0.2) is 42.5 Å². The number of anilines is 1. The molecule has 1 aliphatic rings. The van der Waals surface area contributed by atoms with Gasteiger partial charge >= 0.3 is 0 Å². The number of carbonyl (C=O) groups excluding carboxylic acids is 2. The quantitative estimate of drug-likeness (QED) is 0.721. The maximum atomic E-state index is 12.3. The Bertz CT molecular complexity index is 819. The summed E-state index contributed by atoms with van der Waals surface area (Å²) in [5.74, 6) is -0.579. The van der Waals surface area contributed by atoms with Gasteiger partial charge in [-0.2, -0.15) is 0 Å². The predicted octanol–water partition coefficient (Wildman–Crippen LogP) is 4.96. The molecule has 0 bridgehead atoms. The summed E-state index contributed by atoms with van der Waals surface area (Å²) in [6.07, 6.45) is 0. The Morgan fingerprint density at radius 1 is 1.00 bits per heavy atom. The zero-order valence-electron chi connectivity index (χ0n) is 13.4. The minimum absolute atomic E-state index is 0.144. The van der Waals surface area contributed by atoms with E-state index < -0.39 is 11.7 Å². The van der Waals surface area contributed by atoms with Gasteiger partial charge in [-0.15, -0.1) is 0 Å². The van der Waals surface area contributed by atoms with Crippen LogP contribution in [0.2, 0.25) is 10.0 Å². The highest BCUT2D eigenvalue weighted by Gasteiger charge is 2.36. The minimum Gasteiger partial charge on any atom is -0.304 e. The summed E-state index contributed by atoms with van der Waals surface area (Å²) in [6.45, 7) is 4.62. The first-order valence-corrected chi connectivity index (χ1v) is 8.56. The van der Waals surface area contributed by atoms with Crippen LogP contribution in [0.4, 0.5) is 5.69 Å². The molecule has 2 atom stereocenters. The third-order valence-electron chi connectivity index (χ3n) is 4.67. The van der Waals surface area contributed by atoms with Gasteiger partial charge in [-0.3, -0.25) is 9.59 Å². The van der Waals surface area contributed by atoms with Crippen molar-refractivity contribution in [2.45, 2.75) is 19.8 Å². The Labute approximate surface area is 151 Å². The molecule has 124 valence electrons. The third kappa shape index (κ3) is 2.94. The minimum atomic E-state index is -0.454. The molecule has 2 aromatic rings. The highest BCUT2D eigenvalue weighted by atomic mass is 35.5. The van der Waals surface area contributed by atoms with Crippen LogP contribution in [-0.2, 0) is 4.79 Å². The van der Waals surface area contributed by atoms with E-state index in [4.69, 9.17) is 23.2 Å². The monoisotopic (exact) mass is 361 g/mol. The van der Waals surface area contributed by atoms with Crippen molar-refractivity contribution in [3.63, 3.8) is 0 Å². The number of ketones is 1. The number of rotatable bonds is 4. The lowest BCUT2D eigenvalue weighted by molar-refractivity contribution is -0.114. The summed E-state index contributed by atoms with van der Waals surface area (Å²) < 4.78 is 0. The average Bonchev–Trinajstić information content (AvgIpc) is 2.82. The third-order valence-corrected chi connectivity index (χ3v) is 5.41. The van der Waals surface area contributed by atoms with Gasteiger partial charge in [-0.25, -0.2) is 0 Å². The number of Topliss-reactive ketones (excluding diaryl/α,β-unsaturated/α-hetero) is 1. The van der Waals surface area contributed by atoms with Crippen LogP contribution >= 0.6 is 23.2 Å². The number of halogens is 2. The maximum Gasteiger partial charge on any atom is 0.299 e. The van der Waals surface area contributed by atoms with Gasteiger partial charge in [-0.05, 0) is 41.7 Å². The average molecular weight is 362 g/mol. The van der Waals surface area contributed by atoms with Crippen molar-refractivity contribution in [1.29, 1.82) is 0 Å². The summed E-state index contributed by atoms with van der Waals surface area (Å²) in [7, 11) is 0. The molecule has 2 aromatic carbocycles. The number of carbonyl (C=O) groups is 2. The Hall–Kier alpha value is -1.84. The van der Waals surface area contributed by atoms with E-state index in [1.165, 1.54) is 0 Å². The lowest BCUT2D eigenvalue weighted by atomic mass is 9.88. The van der Waals surface area contributed by atoms with E-state index in [0.717, 1.165) is 5.56 Å². The highest BCUT2D eigenvalue weighted by Crippen LogP contribution is 2.34. The first kappa shape index (κ1) is 17.0. The molecule has 3 nitrogen and oxygen atoms in total. The number of hydrogen-bond donors (Lipinski definition) is 0. The van der Waals surface area contributed by atoms with E-state index in [9.17, 15) is 9.59 Å². The molecule has 0 radical (unpaired) electrons. The molecule has 1 amide bonds. The molecule has 24 heavy (non-hydrogen) atoms. The standard InChI is InChI=1S/C19H17Cl2NO2/c1-11(12(2)13-7-8-15(20)16(21)9-13)10-22-17-6-4-3-5-14(17)18(23)19(22)24/h3-9,11-12H,10H2,1-2H3. The van der Waals surface area contributed by atoms with E-state index in [0.29, 0.717) is 27.8 Å². The van der Waals surface area contributed by atoms with Crippen LogP contribution in [0.5, 0.6) is 0 Å². The number of benzene rings is 2. The van der Waals surface area contributed by atoms with E-state index in [1.54, 1.807) is 23.1 Å². The highest BCUT2D eigenvalue weighted by molar-refractivity contribution is 6.52. The van der Waals surface area contributed by atoms with Crippen molar-refractivity contribution in [2.24, 2.45) is 5.92 Å². The van der Waals surface area contributed by atoms with Crippen molar-refractivity contribution in [2.75, 3.05) is 11.4 Å². The fourth-order valence-corrected chi connectivity index (χ4v) is 3.31. The van der Waals surface area contributed by atoms with E-state index >= 15 is 0 Å². The molecule has 5 heteroatoms. The van der Waals surface area contributed by atoms with Gasteiger partial charge < -0.3 is 4.90 Å². The van der Waals surface area contributed by atoms with E-state index in [2.05, 4.69) is 13.8 Å². The van der Waals surface area contributed by atoms with Gasteiger partial charge in [0, 0.05) is 6.54 Å². The number of hydrogen-bond acceptors (Lipinski definition) is 2. The van der Waals surface area contributed by atoms with Gasteiger partial charge in [0.25, 0.3) is 11.7 Å². The van der Waals surface area contributed by atoms with Crippen LogP contribution in [0.3, 0.4) is 0 Å². The van der Waals surface area contributed by atoms with Crippen LogP contribution in [0.1, 0.15) is 35.7 Å². The largest absolute Gasteiger partial charge is 0.304 e. The predicted molar refractivity (Wildman–Crippen MR) is 97.2 cm³/mol. The first-order chi connectivity index (χ1) is 11.4. The van der Waals surface area contributed by atoms with Crippen molar-refractivity contribution in [3.8, 4) is 0 Å². The molecule has 0 N–H and O–H groups in total. The van der Waals surface area contributed by atoms with Crippen molar-refractivity contribution in [1.82, 2.24) is 0 Å². The second kappa shape index (κ2) is 6.58. The smallest absolute Gasteiger partial charge is 0.299 e. The summed E-state index contributed by atoms with van der Waals surface area (Å²) in [4.78, 5) is 26.0. The lowest BCUT2D eigenvalue weighted by Crippen LogP contribution is -2.35. The van der Waals surface area contributed by atoms with Crippen molar-refractivity contribution >= 4 is 40.6 Å². The normalized spacial score (nSPS) is 16.2. The topological polar surface area (TPSA) is 37.4 Å². The zero-order chi connectivity index (χ0) is 17.4. The Balaban J connectivity index is 1.82. The molecular formula is C19H17Cl2NO2. The van der Waals surface area contributed by atoms with Gasteiger partial charge in [0.2, 0.25) is 0 Å². The van der Waals surface area contributed by atoms with Crippen molar-refractivity contribution < 1.29 is 9.59 Å². The summed E-state index contributed by atoms with van der Waals surface area (Å²) >= 11 is 12.1. The molecular weight excluding hydrogens is 345 g/mol. The van der Waals surface area contributed by atoms with Crippen LogP contribution in [0, 0.1) is 5.92 Å². The molecule has 1 heterocycles. The summed E-state index contributed by atoms with van der Waals surface area (Å²) in [5.41, 5.74) is 2.24. The molecule has 0 aromatic heterocycles. The summed E-state index contributed by atoms with van der Waals surface area (Å²) in [6, 6.07) is 12.7. The van der Waals surface area contributed by atoms with Gasteiger partial charge in [0.05, 0.1) is 21.3 Å². The molecule has 0 aliphatic carbocycles. The molecule has 0 saturated carbocycles. The molecule has 3 rings (SSSR count). The van der Waals surface area contributed by atoms with Crippen LogP contribution in [-0.4, -0.2) is 18.2 Å². The first-order valence-electron chi connectivity index (χ1n) is 7.80. The Morgan fingerprint density at radius 2 is 1.71 bits per heavy atom. The molecule has 2 unspecified atom stereocenters. The second-order valence-electron chi connectivity index (χ2n) is 6.20. The number of fused-ring (bicyclic) bond motifs is 1. The molecule has 0 saturated heterocycles.